The van der Waals surface area contributed by atoms with E-state index >= 15 is 0 Å². The van der Waals surface area contributed by atoms with Gasteiger partial charge in [-0.05, 0) is 0 Å². The van der Waals surface area contributed by atoms with Crippen LogP contribution in [0.3, 0.4) is 0 Å². The highest BCUT2D eigenvalue weighted by atomic mass is 35.7. The van der Waals surface area contributed by atoms with Crippen LogP contribution in [0.4, 0.5) is 0 Å². The first-order valence-electron chi connectivity index (χ1n) is 4.85. The molecule has 0 aliphatic rings. The Morgan fingerprint density at radius 3 is 2.68 bits per heavy atom. The molecule has 0 aromatic carbocycles. The highest BCUT2D eigenvalue weighted by molar-refractivity contribution is 8.13. The first-order valence-corrected chi connectivity index (χ1v) is 7.16. The molecule has 2 heterocycles. The van der Waals surface area contributed by atoms with Crippen molar-refractivity contribution in [3.05, 3.63) is 38.8 Å². The van der Waals surface area contributed by atoms with Crippen LogP contribution < -0.4 is 11.2 Å². The average molecular weight is 307 g/mol. The van der Waals surface area contributed by atoms with Crippen molar-refractivity contribution in [3.8, 4) is 0 Å². The van der Waals surface area contributed by atoms with E-state index in [1.54, 1.807) is 6.92 Å². The minimum atomic E-state index is -4.26. The average Bonchev–Trinajstić information content (AvgIpc) is 2.66. The predicted molar refractivity (Wildman–Crippen MR) is 62.5 cm³/mol. The van der Waals surface area contributed by atoms with Crippen molar-refractivity contribution in [2.24, 2.45) is 0 Å². The van der Waals surface area contributed by atoms with E-state index < -0.39 is 25.2 Å². The van der Waals surface area contributed by atoms with Gasteiger partial charge in [-0.3, -0.25) is 14.3 Å². The normalized spacial score (nSPS) is 11.7. The largest absolute Gasteiger partial charge is 0.340 e. The number of rotatable bonds is 3. The molecule has 0 amide bonds. The van der Waals surface area contributed by atoms with Gasteiger partial charge in [0.05, 0.1) is 6.54 Å². The third-order valence-electron chi connectivity index (χ3n) is 2.12. The third-order valence-corrected chi connectivity index (χ3v) is 3.44. The summed E-state index contributed by atoms with van der Waals surface area (Å²) in [7, 11) is 0.827. The van der Waals surface area contributed by atoms with Crippen molar-refractivity contribution in [1.29, 1.82) is 0 Å². The summed E-state index contributed by atoms with van der Waals surface area (Å²) in [4.78, 5) is 27.8. The number of aromatic nitrogens is 4. The van der Waals surface area contributed by atoms with Gasteiger partial charge in [0.2, 0.25) is 5.89 Å². The van der Waals surface area contributed by atoms with Crippen LogP contribution in [0.15, 0.2) is 25.2 Å². The summed E-state index contributed by atoms with van der Waals surface area (Å²) in [5, 5.41) is 3.55. The molecule has 0 aliphatic carbocycles. The first-order chi connectivity index (χ1) is 8.77. The van der Waals surface area contributed by atoms with Crippen LogP contribution in [0.25, 0.3) is 0 Å². The number of halogens is 1. The van der Waals surface area contributed by atoms with Gasteiger partial charge in [0.1, 0.15) is 0 Å². The number of nitrogens with one attached hydrogen (secondary N) is 1. The molecule has 11 heteroatoms. The maximum atomic E-state index is 11.5. The summed E-state index contributed by atoms with van der Waals surface area (Å²) in [5.74, 6) is 0.447. The van der Waals surface area contributed by atoms with Gasteiger partial charge in [-0.25, -0.2) is 13.2 Å². The molecular weight excluding hydrogens is 300 g/mol. The van der Waals surface area contributed by atoms with Crippen molar-refractivity contribution in [1.82, 2.24) is 19.7 Å². The minimum absolute atomic E-state index is 0.157. The molecule has 0 radical (unpaired) electrons. The second-order valence-corrected chi connectivity index (χ2v) is 6.08. The van der Waals surface area contributed by atoms with Crippen LogP contribution in [0.5, 0.6) is 0 Å². The molecule has 0 spiro atoms. The van der Waals surface area contributed by atoms with Gasteiger partial charge in [0.15, 0.2) is 10.7 Å². The molecule has 1 N–H and O–H groups in total. The SMILES string of the molecule is Cc1nc(Cn2cc(S(=O)(=O)Cl)c(=O)[nH]c2=O)no1. The van der Waals surface area contributed by atoms with Gasteiger partial charge < -0.3 is 4.52 Å². The standard InChI is InChI=1S/C8H7ClN4O5S/c1-4-10-6(12-18-4)3-13-2-5(19(9,16)17)7(14)11-8(13)15/h2H,3H2,1H3,(H,11,14,15). The Morgan fingerprint density at radius 1 is 1.47 bits per heavy atom. The summed E-state index contributed by atoms with van der Waals surface area (Å²) in [6.45, 7) is 1.40. The molecule has 2 aromatic heterocycles. The number of aromatic amines is 1. The molecule has 0 bridgehead atoms. The van der Waals surface area contributed by atoms with Gasteiger partial charge in [-0.15, -0.1) is 0 Å². The summed E-state index contributed by atoms with van der Waals surface area (Å²) in [6.07, 6.45) is 0.829. The quantitative estimate of drug-likeness (QED) is 0.735. The Labute approximate surface area is 110 Å². The van der Waals surface area contributed by atoms with Gasteiger partial charge in [-0.1, -0.05) is 5.16 Å². The summed E-state index contributed by atoms with van der Waals surface area (Å²) < 4.78 is 27.9. The fourth-order valence-electron chi connectivity index (χ4n) is 1.34. The van der Waals surface area contributed by atoms with Gasteiger partial charge in [-0.2, -0.15) is 4.98 Å². The van der Waals surface area contributed by atoms with E-state index in [-0.39, 0.29) is 18.3 Å². The Hall–Kier alpha value is -1.94. The van der Waals surface area contributed by atoms with E-state index in [0.29, 0.717) is 0 Å². The third kappa shape index (κ3) is 2.90. The van der Waals surface area contributed by atoms with Crippen LogP contribution in [-0.2, 0) is 15.6 Å². The van der Waals surface area contributed by atoms with E-state index in [1.807, 2.05) is 4.98 Å². The lowest BCUT2D eigenvalue weighted by atomic mass is 10.5. The van der Waals surface area contributed by atoms with Crippen molar-refractivity contribution in [2.45, 2.75) is 18.4 Å². The minimum Gasteiger partial charge on any atom is -0.340 e. The molecule has 19 heavy (non-hydrogen) atoms. The van der Waals surface area contributed by atoms with Crippen LogP contribution in [-0.4, -0.2) is 28.1 Å². The zero-order chi connectivity index (χ0) is 14.2. The number of hydrogen-bond acceptors (Lipinski definition) is 7. The van der Waals surface area contributed by atoms with Gasteiger partial charge in [0.25, 0.3) is 14.6 Å². The Bertz CT molecular complexity index is 833. The topological polar surface area (TPSA) is 128 Å². The number of nitrogens with zero attached hydrogens (tertiary/aromatic N) is 3. The molecule has 0 unspecified atom stereocenters. The van der Waals surface area contributed by atoms with Gasteiger partial charge >= 0.3 is 5.69 Å². The lowest BCUT2D eigenvalue weighted by molar-refractivity contribution is 0.385. The molecule has 0 atom stereocenters. The number of hydrogen-bond donors (Lipinski definition) is 1. The highest BCUT2D eigenvalue weighted by Crippen LogP contribution is 2.08. The fourth-order valence-corrected chi connectivity index (χ4v) is 2.19. The Kier molecular flexibility index (Phi) is 3.28. The lowest BCUT2D eigenvalue weighted by Gasteiger charge is -2.02. The fraction of sp³-hybridized carbons (Fsp3) is 0.250. The molecule has 0 aliphatic heterocycles. The van der Waals surface area contributed by atoms with Gasteiger partial charge in [0, 0.05) is 23.8 Å². The number of H-pyrrole nitrogens is 1. The second-order valence-electron chi connectivity index (χ2n) is 3.55. The van der Waals surface area contributed by atoms with E-state index in [2.05, 4.69) is 10.1 Å². The lowest BCUT2D eigenvalue weighted by Crippen LogP contribution is -2.32. The molecule has 0 fully saturated rings. The van der Waals surface area contributed by atoms with E-state index in [1.165, 1.54) is 0 Å². The molecule has 0 saturated heterocycles. The van der Waals surface area contributed by atoms with Crippen molar-refractivity contribution >= 4 is 19.7 Å². The second kappa shape index (κ2) is 4.63. The van der Waals surface area contributed by atoms with Crippen molar-refractivity contribution in [2.75, 3.05) is 0 Å². The maximum absolute atomic E-state index is 11.5. The van der Waals surface area contributed by atoms with Crippen LogP contribution in [0.2, 0.25) is 0 Å². The molecule has 2 aromatic rings. The summed E-state index contributed by atoms with van der Waals surface area (Å²) >= 11 is 0. The summed E-state index contributed by atoms with van der Waals surface area (Å²) in [6, 6.07) is 0. The molecular formula is C8H7ClN4O5S. The predicted octanol–water partition coefficient (Wildman–Crippen LogP) is -0.796. The Morgan fingerprint density at radius 2 is 2.16 bits per heavy atom. The molecule has 2 rings (SSSR count). The monoisotopic (exact) mass is 306 g/mol. The van der Waals surface area contributed by atoms with E-state index in [4.69, 9.17) is 15.2 Å². The summed E-state index contributed by atoms with van der Waals surface area (Å²) in [5.41, 5.74) is -1.89. The van der Waals surface area contributed by atoms with Crippen molar-refractivity contribution < 1.29 is 12.9 Å². The maximum Gasteiger partial charge on any atom is 0.328 e. The van der Waals surface area contributed by atoms with Crippen LogP contribution in [0.1, 0.15) is 11.7 Å². The highest BCUT2D eigenvalue weighted by Gasteiger charge is 2.18. The number of aryl methyl sites for hydroxylation is 1. The Balaban J connectivity index is 2.53. The van der Waals surface area contributed by atoms with Crippen molar-refractivity contribution in [3.63, 3.8) is 0 Å². The van der Waals surface area contributed by atoms with Crippen LogP contribution in [0, 0.1) is 6.92 Å². The van der Waals surface area contributed by atoms with E-state index in [0.717, 1.165) is 10.8 Å². The van der Waals surface area contributed by atoms with Crippen LogP contribution >= 0.6 is 10.7 Å². The zero-order valence-electron chi connectivity index (χ0n) is 9.45. The van der Waals surface area contributed by atoms with E-state index in [9.17, 15) is 18.0 Å². The molecule has 0 saturated carbocycles. The zero-order valence-corrected chi connectivity index (χ0v) is 11.0. The molecule has 102 valence electrons. The smallest absolute Gasteiger partial charge is 0.328 e. The first kappa shape index (κ1) is 13.5. The molecule has 9 nitrogen and oxygen atoms in total.